The van der Waals surface area contributed by atoms with E-state index in [1.54, 1.807) is 29.5 Å². The number of aromatic nitrogens is 1. The Balaban J connectivity index is 3.15. The van der Waals surface area contributed by atoms with E-state index in [9.17, 15) is 13.6 Å². The van der Waals surface area contributed by atoms with Gasteiger partial charge >= 0.3 is 5.97 Å². The van der Waals surface area contributed by atoms with Crippen molar-refractivity contribution in [2.24, 2.45) is 0 Å². The Kier molecular flexibility index (Phi) is 5.40. The number of alkyl halides is 2. The van der Waals surface area contributed by atoms with Crippen LogP contribution in [0.25, 0.3) is 0 Å². The van der Waals surface area contributed by atoms with Crippen LogP contribution in [0.1, 0.15) is 30.2 Å². The van der Waals surface area contributed by atoms with Gasteiger partial charge in [-0.2, -0.15) is 5.26 Å². The van der Waals surface area contributed by atoms with E-state index in [1.165, 1.54) is 0 Å². The third kappa shape index (κ3) is 3.60. The van der Waals surface area contributed by atoms with E-state index in [0.29, 0.717) is 0 Å². The van der Waals surface area contributed by atoms with E-state index in [2.05, 4.69) is 4.98 Å². The lowest BCUT2D eigenvalue weighted by atomic mass is 10.1. The summed E-state index contributed by atoms with van der Waals surface area (Å²) in [4.78, 5) is 15.0. The molecule has 1 heterocycles. The second kappa shape index (κ2) is 6.58. The van der Waals surface area contributed by atoms with Crippen molar-refractivity contribution in [1.29, 1.82) is 5.26 Å². The highest BCUT2D eigenvalue weighted by molar-refractivity contribution is 14.1. The van der Waals surface area contributed by atoms with Gasteiger partial charge in [-0.25, -0.2) is 13.8 Å². The molecule has 1 rings (SSSR count). The molecule has 0 N–H and O–H groups in total. The van der Waals surface area contributed by atoms with Crippen LogP contribution in [0.2, 0.25) is 0 Å². The number of carbonyl (C=O) groups is 1. The van der Waals surface area contributed by atoms with E-state index >= 15 is 0 Å². The largest absolute Gasteiger partial charge is 0.466 e. The van der Waals surface area contributed by atoms with E-state index in [-0.39, 0.29) is 27.9 Å². The fourth-order valence-corrected chi connectivity index (χ4v) is 2.07. The number of nitrogens with zero attached hydrogens (tertiary/aromatic N) is 2. The molecule has 0 atom stereocenters. The zero-order chi connectivity index (χ0) is 13.7. The maximum atomic E-state index is 12.6. The summed E-state index contributed by atoms with van der Waals surface area (Å²) in [6.07, 6.45) is -2.96. The third-order valence-electron chi connectivity index (χ3n) is 2.05. The lowest BCUT2D eigenvalue weighted by Gasteiger charge is -2.08. The Bertz CT molecular complexity index is 501. The highest BCUT2D eigenvalue weighted by Gasteiger charge is 2.18. The average molecular weight is 366 g/mol. The van der Waals surface area contributed by atoms with Crippen LogP contribution in [0.3, 0.4) is 0 Å². The first-order valence-corrected chi connectivity index (χ1v) is 6.10. The summed E-state index contributed by atoms with van der Waals surface area (Å²) in [6, 6.07) is 2.93. The van der Waals surface area contributed by atoms with Gasteiger partial charge in [0.25, 0.3) is 6.43 Å². The predicted molar refractivity (Wildman–Crippen MR) is 67.0 cm³/mol. The van der Waals surface area contributed by atoms with Crippen LogP contribution >= 0.6 is 22.6 Å². The fourth-order valence-electron chi connectivity index (χ4n) is 1.32. The van der Waals surface area contributed by atoms with Gasteiger partial charge in [0.2, 0.25) is 0 Å². The minimum Gasteiger partial charge on any atom is -0.466 e. The highest BCUT2D eigenvalue weighted by Crippen LogP contribution is 2.23. The van der Waals surface area contributed by atoms with Crippen LogP contribution in [0.4, 0.5) is 8.78 Å². The number of nitriles is 1. The van der Waals surface area contributed by atoms with Gasteiger partial charge < -0.3 is 4.74 Å². The molecule has 96 valence electrons. The van der Waals surface area contributed by atoms with Gasteiger partial charge in [-0.1, -0.05) is 0 Å². The first-order valence-electron chi connectivity index (χ1n) is 5.02. The molecular formula is C11H9F2IN2O2. The Morgan fingerprint density at radius 2 is 2.33 bits per heavy atom. The van der Waals surface area contributed by atoms with Crippen molar-refractivity contribution in [3.63, 3.8) is 0 Å². The van der Waals surface area contributed by atoms with Gasteiger partial charge in [-0.3, -0.25) is 4.79 Å². The first-order chi connectivity index (χ1) is 8.49. The van der Waals surface area contributed by atoms with Crippen molar-refractivity contribution >= 4 is 28.6 Å². The summed E-state index contributed by atoms with van der Waals surface area (Å²) in [5.74, 6) is -0.559. The molecule has 0 saturated carbocycles. The molecule has 0 fully saturated rings. The average Bonchev–Trinajstić information content (AvgIpc) is 2.28. The molecule has 7 heteroatoms. The quantitative estimate of drug-likeness (QED) is 0.467. The number of pyridine rings is 1. The lowest BCUT2D eigenvalue weighted by Crippen LogP contribution is -2.11. The molecule has 0 aliphatic carbocycles. The van der Waals surface area contributed by atoms with Crippen molar-refractivity contribution in [1.82, 2.24) is 4.98 Å². The number of halogens is 3. The number of esters is 1. The number of carbonyl (C=O) groups excluding carboxylic acids is 1. The topological polar surface area (TPSA) is 63.0 Å². The second-order valence-electron chi connectivity index (χ2n) is 3.27. The van der Waals surface area contributed by atoms with E-state index < -0.39 is 18.1 Å². The van der Waals surface area contributed by atoms with Gasteiger partial charge in [-0.15, -0.1) is 0 Å². The summed E-state index contributed by atoms with van der Waals surface area (Å²) in [5, 5.41) is 8.94. The van der Waals surface area contributed by atoms with Crippen molar-refractivity contribution in [3.05, 3.63) is 26.6 Å². The van der Waals surface area contributed by atoms with Gasteiger partial charge in [0.05, 0.1) is 18.6 Å². The van der Waals surface area contributed by atoms with Crippen LogP contribution in [-0.2, 0) is 16.0 Å². The number of hydrogen-bond acceptors (Lipinski definition) is 4. The molecule has 0 unspecified atom stereocenters. The molecule has 18 heavy (non-hydrogen) atoms. The van der Waals surface area contributed by atoms with Gasteiger partial charge in [-0.05, 0) is 41.1 Å². The lowest BCUT2D eigenvalue weighted by molar-refractivity contribution is -0.142. The predicted octanol–water partition coefficient (Wildman–Crippen LogP) is 2.60. The monoisotopic (exact) mass is 366 g/mol. The summed E-state index contributed by atoms with van der Waals surface area (Å²) in [6.45, 7) is 1.84. The molecule has 0 saturated heterocycles. The molecule has 0 amide bonds. The first kappa shape index (κ1) is 14.8. The Labute approximate surface area is 116 Å². The van der Waals surface area contributed by atoms with Gasteiger partial charge in [0.15, 0.2) is 0 Å². The zero-order valence-corrected chi connectivity index (χ0v) is 11.6. The van der Waals surface area contributed by atoms with Crippen LogP contribution < -0.4 is 0 Å². The Morgan fingerprint density at radius 3 is 2.83 bits per heavy atom. The highest BCUT2D eigenvalue weighted by atomic mass is 127. The van der Waals surface area contributed by atoms with Crippen molar-refractivity contribution in [2.45, 2.75) is 19.8 Å². The van der Waals surface area contributed by atoms with Crippen LogP contribution in [0.15, 0.2) is 6.07 Å². The van der Waals surface area contributed by atoms with Crippen LogP contribution in [-0.4, -0.2) is 17.6 Å². The molecule has 0 bridgehead atoms. The summed E-state index contributed by atoms with van der Waals surface area (Å²) < 4.78 is 30.1. The number of hydrogen-bond donors (Lipinski definition) is 0. The van der Waals surface area contributed by atoms with Crippen LogP contribution in [0.5, 0.6) is 0 Å². The van der Waals surface area contributed by atoms with Crippen LogP contribution in [0, 0.1) is 15.0 Å². The van der Waals surface area contributed by atoms with E-state index in [0.717, 1.165) is 6.07 Å². The molecular weight excluding hydrogens is 357 g/mol. The molecule has 0 spiro atoms. The maximum absolute atomic E-state index is 12.6. The fraction of sp³-hybridized carbons (Fsp3) is 0.364. The molecule has 0 aromatic carbocycles. The number of rotatable bonds is 4. The summed E-state index contributed by atoms with van der Waals surface area (Å²) in [5.41, 5.74) is -0.101. The van der Waals surface area contributed by atoms with Crippen molar-refractivity contribution in [2.75, 3.05) is 6.61 Å². The van der Waals surface area contributed by atoms with E-state index in [1.807, 2.05) is 6.07 Å². The summed E-state index contributed by atoms with van der Waals surface area (Å²) >= 11 is 1.69. The molecule has 0 aliphatic heterocycles. The zero-order valence-electron chi connectivity index (χ0n) is 9.41. The van der Waals surface area contributed by atoms with Gasteiger partial charge in [0.1, 0.15) is 15.5 Å². The third-order valence-corrected chi connectivity index (χ3v) is 2.83. The normalized spacial score (nSPS) is 10.2. The SMILES string of the molecule is CCOC(=O)Cc1cc(C(F)F)nc(I)c1C#N. The van der Waals surface area contributed by atoms with Crippen molar-refractivity contribution in [3.8, 4) is 6.07 Å². The standard InChI is InChI=1S/C11H9F2IN2O2/c1-2-18-9(17)4-6-3-8(10(12)13)16-11(14)7(6)5-15/h3,10H,2,4H2,1H3. The van der Waals surface area contributed by atoms with Gasteiger partial charge in [0, 0.05) is 0 Å². The minimum absolute atomic E-state index is 0.132. The van der Waals surface area contributed by atoms with Crippen molar-refractivity contribution < 1.29 is 18.3 Å². The molecule has 1 aromatic rings. The smallest absolute Gasteiger partial charge is 0.310 e. The second-order valence-corrected chi connectivity index (χ2v) is 4.29. The maximum Gasteiger partial charge on any atom is 0.310 e. The Hall–Kier alpha value is -1.30. The Morgan fingerprint density at radius 1 is 1.67 bits per heavy atom. The van der Waals surface area contributed by atoms with E-state index in [4.69, 9.17) is 10.00 Å². The summed E-state index contributed by atoms with van der Waals surface area (Å²) in [7, 11) is 0. The molecule has 0 radical (unpaired) electrons. The number of ether oxygens (including phenoxy) is 1. The minimum atomic E-state index is -2.74. The molecule has 1 aromatic heterocycles. The molecule has 0 aliphatic rings. The molecule has 4 nitrogen and oxygen atoms in total.